The molecule has 0 bridgehead atoms. The Kier molecular flexibility index (Phi) is 4.32. The minimum atomic E-state index is -0.186. The number of hydrogen-bond acceptors (Lipinski definition) is 2. The van der Waals surface area contributed by atoms with Crippen LogP contribution in [0.3, 0.4) is 0 Å². The molecule has 2 aliphatic rings. The normalized spacial score (nSPS) is 25.8. The Hall–Kier alpha value is -2.17. The average Bonchev–Trinajstić information content (AvgIpc) is 3.32. The highest BCUT2D eigenvalue weighted by Crippen LogP contribution is 2.49. The molecule has 1 saturated heterocycles. The Morgan fingerprint density at radius 3 is 2.96 bits per heavy atom. The number of halogens is 1. The average molecular weight is 341 g/mol. The van der Waals surface area contributed by atoms with E-state index < -0.39 is 0 Å². The van der Waals surface area contributed by atoms with E-state index in [1.165, 1.54) is 6.07 Å². The minimum Gasteiger partial charge on any atom is -0.342 e. The van der Waals surface area contributed by atoms with Gasteiger partial charge < -0.3 is 9.47 Å². The van der Waals surface area contributed by atoms with Crippen molar-refractivity contribution in [2.45, 2.75) is 31.6 Å². The molecule has 1 aromatic carbocycles. The van der Waals surface area contributed by atoms with Crippen molar-refractivity contribution >= 4 is 5.91 Å². The maximum Gasteiger partial charge on any atom is 0.226 e. The molecule has 5 heteroatoms. The molecule has 25 heavy (non-hydrogen) atoms. The van der Waals surface area contributed by atoms with Crippen molar-refractivity contribution in [1.29, 1.82) is 0 Å². The van der Waals surface area contributed by atoms with Gasteiger partial charge in [0.05, 0.1) is 0 Å². The van der Waals surface area contributed by atoms with Crippen LogP contribution in [-0.2, 0) is 18.3 Å². The molecule has 1 saturated carbocycles. The van der Waals surface area contributed by atoms with E-state index in [0.717, 1.165) is 44.6 Å². The molecule has 1 amide bonds. The van der Waals surface area contributed by atoms with E-state index in [1.807, 2.05) is 36.5 Å². The second-order valence-electron chi connectivity index (χ2n) is 7.42. The highest BCUT2D eigenvalue weighted by atomic mass is 19.1. The molecule has 1 aromatic heterocycles. The summed E-state index contributed by atoms with van der Waals surface area (Å²) in [6, 6.07) is 6.85. The van der Waals surface area contributed by atoms with Gasteiger partial charge >= 0.3 is 0 Å². The predicted molar refractivity (Wildman–Crippen MR) is 93.5 cm³/mol. The number of carbonyl (C=O) groups is 1. The number of benzene rings is 1. The van der Waals surface area contributed by atoms with E-state index in [9.17, 15) is 9.18 Å². The maximum atomic E-state index is 13.9. The van der Waals surface area contributed by atoms with Crippen LogP contribution in [0.2, 0.25) is 0 Å². The molecular formula is C20H24FN3O. The first kappa shape index (κ1) is 16.3. The number of hydrogen-bond donors (Lipinski definition) is 0. The zero-order chi connectivity index (χ0) is 17.4. The quantitative estimate of drug-likeness (QED) is 0.857. The number of amides is 1. The first-order valence-corrected chi connectivity index (χ1v) is 9.13. The van der Waals surface area contributed by atoms with Crippen molar-refractivity contribution in [3.8, 4) is 0 Å². The van der Waals surface area contributed by atoms with Crippen molar-refractivity contribution in [3.63, 3.8) is 0 Å². The summed E-state index contributed by atoms with van der Waals surface area (Å²) in [5.41, 5.74) is 0.697. The number of rotatable bonds is 4. The van der Waals surface area contributed by atoms with Gasteiger partial charge in [0.1, 0.15) is 11.6 Å². The second kappa shape index (κ2) is 6.62. The third kappa shape index (κ3) is 3.32. The summed E-state index contributed by atoms with van der Waals surface area (Å²) in [4.78, 5) is 19.3. The van der Waals surface area contributed by atoms with E-state index in [1.54, 1.807) is 6.07 Å². The zero-order valence-electron chi connectivity index (χ0n) is 14.6. The van der Waals surface area contributed by atoms with E-state index in [0.29, 0.717) is 11.5 Å². The molecule has 3 atom stereocenters. The fraction of sp³-hybridized carbons (Fsp3) is 0.500. The van der Waals surface area contributed by atoms with Gasteiger partial charge in [-0.1, -0.05) is 18.2 Å². The number of carbonyl (C=O) groups excluding carboxylic acids is 1. The molecule has 0 N–H and O–H groups in total. The number of aryl methyl sites for hydroxylation is 1. The van der Waals surface area contributed by atoms with Gasteiger partial charge in [-0.25, -0.2) is 9.37 Å². The molecule has 4 rings (SSSR count). The van der Waals surface area contributed by atoms with Gasteiger partial charge in [0, 0.05) is 44.9 Å². The van der Waals surface area contributed by atoms with Crippen LogP contribution in [0.4, 0.5) is 4.39 Å². The Labute approximate surface area is 147 Å². The van der Waals surface area contributed by atoms with E-state index >= 15 is 0 Å². The van der Waals surface area contributed by atoms with Crippen LogP contribution in [-0.4, -0.2) is 33.4 Å². The molecule has 2 aromatic rings. The van der Waals surface area contributed by atoms with Crippen LogP contribution in [0, 0.1) is 17.7 Å². The Morgan fingerprint density at radius 1 is 1.36 bits per heavy atom. The zero-order valence-corrected chi connectivity index (χ0v) is 14.6. The summed E-state index contributed by atoms with van der Waals surface area (Å²) < 4.78 is 16.0. The molecule has 132 valence electrons. The van der Waals surface area contributed by atoms with Crippen molar-refractivity contribution in [2.75, 3.05) is 13.1 Å². The highest BCUT2D eigenvalue weighted by molar-refractivity contribution is 5.83. The van der Waals surface area contributed by atoms with Gasteiger partial charge in [0.25, 0.3) is 0 Å². The number of likely N-dealkylation sites (tertiary alicyclic amines) is 1. The van der Waals surface area contributed by atoms with Crippen molar-refractivity contribution < 1.29 is 9.18 Å². The molecule has 0 radical (unpaired) electrons. The minimum absolute atomic E-state index is 0.0381. The lowest BCUT2D eigenvalue weighted by Gasteiger charge is -2.33. The molecule has 0 spiro atoms. The standard InChI is InChI=1S/C20H24FN3O/c1-23-10-8-22-19(23)11-14-5-4-9-24(13-14)20(25)17-12-16(17)15-6-2-3-7-18(15)21/h2-3,6-8,10,14,16-17H,4-5,9,11-13H2,1H3/t14-,16-,17-/m0/s1. The number of aromatic nitrogens is 2. The van der Waals surface area contributed by atoms with Gasteiger partial charge in [-0.3, -0.25) is 4.79 Å². The molecule has 4 nitrogen and oxygen atoms in total. The van der Waals surface area contributed by atoms with Crippen molar-refractivity contribution in [1.82, 2.24) is 14.5 Å². The monoisotopic (exact) mass is 341 g/mol. The largest absolute Gasteiger partial charge is 0.342 e. The first-order chi connectivity index (χ1) is 12.1. The van der Waals surface area contributed by atoms with Crippen LogP contribution in [0.15, 0.2) is 36.7 Å². The van der Waals surface area contributed by atoms with Crippen LogP contribution in [0.25, 0.3) is 0 Å². The van der Waals surface area contributed by atoms with Crippen molar-refractivity contribution in [2.24, 2.45) is 18.9 Å². The molecule has 1 aliphatic carbocycles. The Balaban J connectivity index is 1.38. The third-order valence-corrected chi connectivity index (χ3v) is 5.64. The van der Waals surface area contributed by atoms with Crippen LogP contribution in [0.5, 0.6) is 0 Å². The fourth-order valence-corrected chi connectivity index (χ4v) is 4.11. The Bertz CT molecular complexity index is 772. The van der Waals surface area contributed by atoms with Gasteiger partial charge in [-0.2, -0.15) is 0 Å². The lowest BCUT2D eigenvalue weighted by molar-refractivity contribution is -0.134. The molecule has 2 fully saturated rings. The van der Waals surface area contributed by atoms with E-state index in [2.05, 4.69) is 9.55 Å². The van der Waals surface area contributed by atoms with Crippen LogP contribution in [0.1, 0.15) is 36.6 Å². The summed E-state index contributed by atoms with van der Waals surface area (Å²) >= 11 is 0. The molecule has 1 aliphatic heterocycles. The topological polar surface area (TPSA) is 38.1 Å². The first-order valence-electron chi connectivity index (χ1n) is 9.13. The lowest BCUT2D eigenvalue weighted by Crippen LogP contribution is -2.41. The number of piperidine rings is 1. The summed E-state index contributed by atoms with van der Waals surface area (Å²) in [5.74, 6) is 1.58. The molecule has 0 unspecified atom stereocenters. The smallest absolute Gasteiger partial charge is 0.226 e. The van der Waals surface area contributed by atoms with Crippen LogP contribution < -0.4 is 0 Å². The van der Waals surface area contributed by atoms with Gasteiger partial charge in [-0.15, -0.1) is 0 Å². The summed E-state index contributed by atoms with van der Waals surface area (Å²) in [7, 11) is 2.01. The summed E-state index contributed by atoms with van der Waals surface area (Å²) in [5, 5.41) is 0. The maximum absolute atomic E-state index is 13.9. The van der Waals surface area contributed by atoms with Gasteiger partial charge in [0.2, 0.25) is 5.91 Å². The lowest BCUT2D eigenvalue weighted by atomic mass is 9.94. The SMILES string of the molecule is Cn1ccnc1C[C@@H]1CCCN(C(=O)[C@H]2C[C@H]2c2ccccc2F)C1. The summed E-state index contributed by atoms with van der Waals surface area (Å²) in [6.45, 7) is 1.63. The molecular weight excluding hydrogens is 317 g/mol. The number of imidazole rings is 1. The Morgan fingerprint density at radius 2 is 2.20 bits per heavy atom. The highest BCUT2D eigenvalue weighted by Gasteiger charge is 2.47. The van der Waals surface area contributed by atoms with Gasteiger partial charge in [-0.05, 0) is 42.7 Å². The fourth-order valence-electron chi connectivity index (χ4n) is 4.11. The summed E-state index contributed by atoms with van der Waals surface area (Å²) in [6.07, 6.45) is 7.65. The third-order valence-electron chi connectivity index (χ3n) is 5.64. The van der Waals surface area contributed by atoms with Gasteiger partial charge in [0.15, 0.2) is 0 Å². The van der Waals surface area contributed by atoms with Crippen LogP contribution >= 0.6 is 0 Å². The van der Waals surface area contributed by atoms with E-state index in [-0.39, 0.29) is 23.6 Å². The van der Waals surface area contributed by atoms with Crippen molar-refractivity contribution in [3.05, 3.63) is 53.9 Å². The number of nitrogens with zero attached hydrogens (tertiary/aromatic N) is 3. The molecule has 2 heterocycles. The predicted octanol–water partition coefficient (Wildman–Crippen LogP) is 3.14. The second-order valence-corrected chi connectivity index (χ2v) is 7.42. The van der Waals surface area contributed by atoms with E-state index in [4.69, 9.17) is 0 Å².